The van der Waals surface area contributed by atoms with Gasteiger partial charge in [-0.3, -0.25) is 10.0 Å². The predicted molar refractivity (Wildman–Crippen MR) is 35.3 cm³/mol. The maximum absolute atomic E-state index is 10.4. The van der Waals surface area contributed by atoms with Crippen LogP contribution in [0.4, 0.5) is 0 Å². The zero-order valence-corrected chi connectivity index (χ0v) is 5.48. The lowest BCUT2D eigenvalue weighted by atomic mass is 10.4. The molecule has 0 radical (unpaired) electrons. The molecule has 0 aromatic carbocycles. The SMILES string of the molecule is O=C(/C=C/c1cn[nH]n1)NO. The van der Waals surface area contributed by atoms with Gasteiger partial charge >= 0.3 is 0 Å². The smallest absolute Gasteiger partial charge is 0.267 e. The molecule has 3 N–H and O–H groups in total. The van der Waals surface area contributed by atoms with Gasteiger partial charge in [0.15, 0.2) is 0 Å². The standard InChI is InChI=1S/C5H6N4O2/c10-5(8-11)2-1-4-3-6-9-7-4/h1-3,11H,(H,8,10)(H,6,7,9)/b2-1+. The Hall–Kier alpha value is -1.69. The molecule has 11 heavy (non-hydrogen) atoms. The molecule has 0 unspecified atom stereocenters. The van der Waals surface area contributed by atoms with Crippen molar-refractivity contribution in [3.8, 4) is 0 Å². The third-order valence-electron chi connectivity index (χ3n) is 0.949. The van der Waals surface area contributed by atoms with Crippen LogP contribution in [0.25, 0.3) is 6.08 Å². The van der Waals surface area contributed by atoms with Gasteiger partial charge in [0.1, 0.15) is 5.69 Å². The molecule has 1 aromatic rings. The van der Waals surface area contributed by atoms with Gasteiger partial charge in [0, 0.05) is 6.08 Å². The molecule has 0 bridgehead atoms. The molecule has 0 saturated heterocycles. The first-order valence-corrected chi connectivity index (χ1v) is 2.81. The molecule has 58 valence electrons. The van der Waals surface area contributed by atoms with E-state index in [1.54, 1.807) is 0 Å². The monoisotopic (exact) mass is 154 g/mol. The van der Waals surface area contributed by atoms with Crippen LogP contribution in [0.1, 0.15) is 5.69 Å². The highest BCUT2D eigenvalue weighted by Crippen LogP contribution is 1.90. The summed E-state index contributed by atoms with van der Waals surface area (Å²) >= 11 is 0. The molecule has 1 aromatic heterocycles. The van der Waals surface area contributed by atoms with Crippen molar-refractivity contribution < 1.29 is 10.0 Å². The summed E-state index contributed by atoms with van der Waals surface area (Å²) in [6.07, 6.45) is 3.99. The van der Waals surface area contributed by atoms with Crippen molar-refractivity contribution in [3.05, 3.63) is 18.0 Å². The highest BCUT2D eigenvalue weighted by Gasteiger charge is 1.91. The average molecular weight is 154 g/mol. The summed E-state index contributed by atoms with van der Waals surface area (Å²) in [5.41, 5.74) is 1.97. The highest BCUT2D eigenvalue weighted by atomic mass is 16.5. The first kappa shape index (κ1) is 7.42. The van der Waals surface area contributed by atoms with E-state index < -0.39 is 5.91 Å². The number of hydrogen-bond donors (Lipinski definition) is 3. The Kier molecular flexibility index (Phi) is 2.34. The highest BCUT2D eigenvalue weighted by molar-refractivity contribution is 5.90. The van der Waals surface area contributed by atoms with Crippen molar-refractivity contribution in [2.75, 3.05) is 0 Å². The minimum absolute atomic E-state index is 0.522. The first-order valence-electron chi connectivity index (χ1n) is 2.81. The Morgan fingerprint density at radius 3 is 3.18 bits per heavy atom. The van der Waals surface area contributed by atoms with Gasteiger partial charge in [-0.05, 0) is 6.08 Å². The van der Waals surface area contributed by atoms with Crippen LogP contribution in [-0.2, 0) is 4.79 Å². The van der Waals surface area contributed by atoms with E-state index in [-0.39, 0.29) is 0 Å². The molecule has 0 fully saturated rings. The van der Waals surface area contributed by atoms with Crippen LogP contribution >= 0.6 is 0 Å². The quantitative estimate of drug-likeness (QED) is 0.299. The van der Waals surface area contributed by atoms with Crippen LogP contribution in [0.3, 0.4) is 0 Å². The van der Waals surface area contributed by atoms with Gasteiger partial charge in [-0.25, -0.2) is 5.48 Å². The van der Waals surface area contributed by atoms with Crippen molar-refractivity contribution in [1.29, 1.82) is 0 Å². The van der Waals surface area contributed by atoms with Gasteiger partial charge in [0.05, 0.1) is 6.20 Å². The van der Waals surface area contributed by atoms with Gasteiger partial charge in [-0.15, -0.1) is 0 Å². The molecule has 0 aliphatic rings. The summed E-state index contributed by atoms with van der Waals surface area (Å²) < 4.78 is 0. The molecule has 1 rings (SSSR count). The van der Waals surface area contributed by atoms with Gasteiger partial charge in [-0.2, -0.15) is 15.4 Å². The number of nitrogens with zero attached hydrogens (tertiary/aromatic N) is 2. The largest absolute Gasteiger partial charge is 0.288 e. The molecular weight excluding hydrogens is 148 g/mol. The normalized spacial score (nSPS) is 10.3. The van der Waals surface area contributed by atoms with Gasteiger partial charge in [0.25, 0.3) is 5.91 Å². The summed E-state index contributed by atoms with van der Waals surface area (Å²) in [5, 5.41) is 17.6. The number of aromatic amines is 1. The lowest BCUT2D eigenvalue weighted by Crippen LogP contribution is -2.14. The number of carbonyl (C=O) groups is 1. The lowest BCUT2D eigenvalue weighted by molar-refractivity contribution is -0.124. The Morgan fingerprint density at radius 2 is 2.64 bits per heavy atom. The summed E-state index contributed by atoms with van der Waals surface area (Å²) in [6.45, 7) is 0. The van der Waals surface area contributed by atoms with Crippen LogP contribution in [0.5, 0.6) is 0 Å². The van der Waals surface area contributed by atoms with E-state index in [9.17, 15) is 4.79 Å². The van der Waals surface area contributed by atoms with E-state index in [2.05, 4.69) is 15.4 Å². The van der Waals surface area contributed by atoms with Crippen LogP contribution in [0.15, 0.2) is 12.3 Å². The molecule has 0 saturated carbocycles. The van der Waals surface area contributed by atoms with E-state index in [0.717, 1.165) is 6.08 Å². The van der Waals surface area contributed by atoms with E-state index in [1.165, 1.54) is 17.8 Å². The van der Waals surface area contributed by atoms with E-state index in [4.69, 9.17) is 5.21 Å². The number of aromatic nitrogens is 3. The summed E-state index contributed by atoms with van der Waals surface area (Å²) in [7, 11) is 0. The Labute approximate surface area is 61.9 Å². The zero-order valence-electron chi connectivity index (χ0n) is 5.48. The van der Waals surface area contributed by atoms with E-state index in [0.29, 0.717) is 5.69 Å². The van der Waals surface area contributed by atoms with E-state index >= 15 is 0 Å². The molecule has 0 aliphatic carbocycles. The number of H-pyrrole nitrogens is 1. The fourth-order valence-electron chi connectivity index (χ4n) is 0.489. The number of amides is 1. The van der Waals surface area contributed by atoms with Crippen LogP contribution in [0, 0.1) is 0 Å². The van der Waals surface area contributed by atoms with E-state index in [1.807, 2.05) is 0 Å². The maximum atomic E-state index is 10.4. The molecule has 0 spiro atoms. The van der Waals surface area contributed by atoms with Crippen molar-refractivity contribution in [2.24, 2.45) is 0 Å². The number of hydrogen-bond acceptors (Lipinski definition) is 4. The van der Waals surface area contributed by atoms with Crippen LogP contribution in [-0.4, -0.2) is 26.5 Å². The van der Waals surface area contributed by atoms with Crippen LogP contribution < -0.4 is 5.48 Å². The van der Waals surface area contributed by atoms with Crippen molar-refractivity contribution in [1.82, 2.24) is 20.9 Å². The van der Waals surface area contributed by atoms with Gasteiger partial charge < -0.3 is 0 Å². The third kappa shape index (κ3) is 2.18. The second kappa shape index (κ2) is 3.47. The number of hydroxylamine groups is 1. The van der Waals surface area contributed by atoms with Crippen molar-refractivity contribution >= 4 is 12.0 Å². The molecular formula is C5H6N4O2. The minimum Gasteiger partial charge on any atom is -0.288 e. The van der Waals surface area contributed by atoms with Crippen LogP contribution in [0.2, 0.25) is 0 Å². The number of rotatable bonds is 2. The summed E-state index contributed by atoms with van der Waals surface area (Å²) in [4.78, 5) is 10.4. The molecule has 6 nitrogen and oxygen atoms in total. The predicted octanol–water partition coefficient (Wildman–Crippen LogP) is -0.677. The number of nitrogens with one attached hydrogen (secondary N) is 2. The second-order valence-electron chi connectivity index (χ2n) is 1.70. The minimum atomic E-state index is -0.604. The fraction of sp³-hybridized carbons (Fsp3) is 0. The molecule has 0 atom stereocenters. The number of carbonyl (C=O) groups excluding carboxylic acids is 1. The lowest BCUT2D eigenvalue weighted by Gasteiger charge is -1.85. The summed E-state index contributed by atoms with van der Waals surface area (Å²) in [6, 6.07) is 0. The first-order chi connectivity index (χ1) is 5.33. The molecule has 6 heteroatoms. The molecule has 1 amide bonds. The Balaban J connectivity index is 2.55. The van der Waals surface area contributed by atoms with Crippen molar-refractivity contribution in [2.45, 2.75) is 0 Å². The Bertz CT molecular complexity index is 253. The maximum Gasteiger partial charge on any atom is 0.267 e. The fourth-order valence-corrected chi connectivity index (χ4v) is 0.489. The third-order valence-corrected chi connectivity index (χ3v) is 0.949. The molecule has 1 heterocycles. The topological polar surface area (TPSA) is 90.9 Å². The van der Waals surface area contributed by atoms with Crippen molar-refractivity contribution in [3.63, 3.8) is 0 Å². The average Bonchev–Trinajstić information content (AvgIpc) is 2.52. The summed E-state index contributed by atoms with van der Waals surface area (Å²) in [5.74, 6) is -0.604. The second-order valence-corrected chi connectivity index (χ2v) is 1.70. The van der Waals surface area contributed by atoms with Gasteiger partial charge in [-0.1, -0.05) is 0 Å². The Morgan fingerprint density at radius 1 is 1.82 bits per heavy atom. The zero-order chi connectivity index (χ0) is 8.10. The molecule has 0 aliphatic heterocycles. The van der Waals surface area contributed by atoms with Gasteiger partial charge in [0.2, 0.25) is 0 Å².